The molecule has 0 aliphatic carbocycles. The van der Waals surface area contributed by atoms with E-state index in [0.29, 0.717) is 44.6 Å². The molecule has 1 saturated heterocycles. The fraction of sp³-hybridized carbons (Fsp3) is 0.375. The van der Waals surface area contributed by atoms with Crippen molar-refractivity contribution >= 4 is 22.5 Å². The lowest BCUT2D eigenvalue weighted by molar-refractivity contribution is -0.00799. The van der Waals surface area contributed by atoms with E-state index in [0.717, 1.165) is 27.8 Å². The largest absolute Gasteiger partial charge is 0.388 e. The molecule has 7 heteroatoms. The van der Waals surface area contributed by atoms with Crippen LogP contribution in [-0.2, 0) is 6.54 Å². The Bertz CT molecular complexity index is 1080. The molecule has 0 radical (unpaired) electrons. The second-order valence-electron chi connectivity index (χ2n) is 8.45. The van der Waals surface area contributed by atoms with Gasteiger partial charge in [0.2, 0.25) is 0 Å². The van der Waals surface area contributed by atoms with Crippen molar-refractivity contribution in [1.29, 1.82) is 0 Å². The Hall–Kier alpha value is -3.03. The van der Waals surface area contributed by atoms with Crippen molar-refractivity contribution in [2.45, 2.75) is 31.9 Å². The van der Waals surface area contributed by atoms with E-state index in [4.69, 9.17) is 5.73 Å². The highest BCUT2D eigenvalue weighted by molar-refractivity contribution is 5.94. The number of pyridine rings is 2. The predicted octanol–water partition coefficient (Wildman–Crippen LogP) is 2.50. The van der Waals surface area contributed by atoms with E-state index in [1.807, 2.05) is 31.3 Å². The summed E-state index contributed by atoms with van der Waals surface area (Å²) in [4.78, 5) is 25.5. The van der Waals surface area contributed by atoms with Crippen LogP contribution in [0.1, 0.15) is 34.5 Å². The van der Waals surface area contributed by atoms with Crippen LogP contribution in [-0.4, -0.2) is 58.2 Å². The Kier molecular flexibility index (Phi) is 5.89. The van der Waals surface area contributed by atoms with Crippen molar-refractivity contribution in [3.8, 4) is 0 Å². The number of piperidine rings is 1. The van der Waals surface area contributed by atoms with Gasteiger partial charge in [-0.25, -0.2) is 0 Å². The number of nitrogens with two attached hydrogens (primary N) is 1. The summed E-state index contributed by atoms with van der Waals surface area (Å²) < 4.78 is 0. The number of rotatable bonds is 5. The highest BCUT2D eigenvalue weighted by atomic mass is 16.3. The van der Waals surface area contributed by atoms with Crippen molar-refractivity contribution in [1.82, 2.24) is 14.9 Å². The topological polar surface area (TPSA) is 95.6 Å². The molecule has 0 atom stereocenters. The smallest absolute Gasteiger partial charge is 0.253 e. The van der Waals surface area contributed by atoms with Crippen molar-refractivity contribution < 1.29 is 9.90 Å². The van der Waals surface area contributed by atoms with Gasteiger partial charge in [0.05, 0.1) is 11.1 Å². The van der Waals surface area contributed by atoms with Crippen LogP contribution in [0.5, 0.6) is 0 Å². The number of aliphatic hydroxyl groups is 1. The molecular formula is C24H29N5O2. The third-order valence-electron chi connectivity index (χ3n) is 6.07. The first-order chi connectivity index (χ1) is 14.9. The SMILES string of the molecule is Cc1cc(N2CCC(O)(CN(C)C(=O)c3ccc(CN)cc3)CC2)c2cnccc2n1. The Morgan fingerprint density at radius 1 is 1.23 bits per heavy atom. The number of anilines is 1. The standard InChI is InChI=1S/C24H29N5O2/c1-17-13-22(20-15-26-10-7-21(20)27-17)29-11-8-24(31,9-12-29)16-28(2)23(30)19-5-3-18(14-25)4-6-19/h3-7,10,13,15,31H,8-9,11-12,14,16,25H2,1-2H3. The van der Waals surface area contributed by atoms with E-state index in [1.54, 1.807) is 30.3 Å². The van der Waals surface area contributed by atoms with Crippen LogP contribution in [0.2, 0.25) is 0 Å². The maximum atomic E-state index is 12.8. The summed E-state index contributed by atoms with van der Waals surface area (Å²) in [5, 5.41) is 12.2. The lowest BCUT2D eigenvalue weighted by Gasteiger charge is -2.41. The number of aromatic nitrogens is 2. The quantitative estimate of drug-likeness (QED) is 0.660. The van der Waals surface area contributed by atoms with Gasteiger partial charge in [-0.15, -0.1) is 0 Å². The van der Waals surface area contributed by atoms with Gasteiger partial charge < -0.3 is 20.6 Å². The lowest BCUT2D eigenvalue weighted by atomic mass is 9.90. The van der Waals surface area contributed by atoms with Gasteiger partial charge in [0.25, 0.3) is 5.91 Å². The predicted molar refractivity (Wildman–Crippen MR) is 122 cm³/mol. The Labute approximate surface area is 182 Å². The van der Waals surface area contributed by atoms with Crippen molar-refractivity contribution in [2.75, 3.05) is 31.6 Å². The van der Waals surface area contributed by atoms with Crippen molar-refractivity contribution in [2.24, 2.45) is 5.73 Å². The van der Waals surface area contributed by atoms with E-state index < -0.39 is 5.60 Å². The first-order valence-electron chi connectivity index (χ1n) is 10.6. The van der Waals surface area contributed by atoms with Crippen LogP contribution < -0.4 is 10.6 Å². The zero-order valence-electron chi connectivity index (χ0n) is 18.1. The van der Waals surface area contributed by atoms with Crippen LogP contribution in [0.25, 0.3) is 10.9 Å². The van der Waals surface area contributed by atoms with E-state index in [2.05, 4.69) is 20.9 Å². The number of carbonyl (C=O) groups is 1. The number of hydrogen-bond donors (Lipinski definition) is 2. The summed E-state index contributed by atoms with van der Waals surface area (Å²) in [7, 11) is 1.74. The summed E-state index contributed by atoms with van der Waals surface area (Å²) >= 11 is 0. The minimum absolute atomic E-state index is 0.0961. The van der Waals surface area contributed by atoms with Gasteiger partial charge >= 0.3 is 0 Å². The zero-order chi connectivity index (χ0) is 22.0. The maximum absolute atomic E-state index is 12.8. The van der Waals surface area contributed by atoms with Crippen LogP contribution in [0.4, 0.5) is 5.69 Å². The Morgan fingerprint density at radius 3 is 2.61 bits per heavy atom. The number of hydrogen-bond acceptors (Lipinski definition) is 6. The Balaban J connectivity index is 1.43. The molecule has 0 spiro atoms. The fourth-order valence-electron chi connectivity index (χ4n) is 4.28. The van der Waals surface area contributed by atoms with Crippen LogP contribution in [0.3, 0.4) is 0 Å². The average molecular weight is 420 g/mol. The molecule has 1 aliphatic heterocycles. The monoisotopic (exact) mass is 419 g/mol. The summed E-state index contributed by atoms with van der Waals surface area (Å²) in [6.07, 6.45) is 4.77. The minimum atomic E-state index is -0.908. The van der Waals surface area contributed by atoms with Gasteiger partial charge in [-0.3, -0.25) is 14.8 Å². The molecule has 1 aliphatic rings. The van der Waals surface area contributed by atoms with Gasteiger partial charge in [-0.1, -0.05) is 12.1 Å². The third kappa shape index (κ3) is 4.52. The summed E-state index contributed by atoms with van der Waals surface area (Å²) in [6.45, 7) is 4.15. The lowest BCUT2D eigenvalue weighted by Crippen LogP contribution is -2.51. The van der Waals surface area contributed by atoms with E-state index in [9.17, 15) is 9.90 Å². The molecule has 31 heavy (non-hydrogen) atoms. The highest BCUT2D eigenvalue weighted by Crippen LogP contribution is 2.31. The fourth-order valence-corrected chi connectivity index (χ4v) is 4.28. The van der Waals surface area contributed by atoms with E-state index in [1.165, 1.54) is 0 Å². The first-order valence-corrected chi connectivity index (χ1v) is 10.6. The van der Waals surface area contributed by atoms with Crippen molar-refractivity contribution in [3.05, 3.63) is 65.6 Å². The normalized spacial score (nSPS) is 15.8. The Morgan fingerprint density at radius 2 is 1.94 bits per heavy atom. The minimum Gasteiger partial charge on any atom is -0.388 e. The number of fused-ring (bicyclic) bond motifs is 1. The van der Waals surface area contributed by atoms with Crippen LogP contribution in [0, 0.1) is 6.92 Å². The van der Waals surface area contributed by atoms with Crippen LogP contribution in [0.15, 0.2) is 48.8 Å². The van der Waals surface area contributed by atoms with E-state index >= 15 is 0 Å². The number of amides is 1. The molecule has 0 bridgehead atoms. The number of likely N-dealkylation sites (N-methyl/N-ethyl adjacent to an activating group) is 1. The van der Waals surface area contributed by atoms with Gasteiger partial charge in [-0.2, -0.15) is 0 Å². The average Bonchev–Trinajstić information content (AvgIpc) is 2.78. The van der Waals surface area contributed by atoms with Crippen molar-refractivity contribution in [3.63, 3.8) is 0 Å². The summed E-state index contributed by atoms with van der Waals surface area (Å²) in [6, 6.07) is 11.3. The van der Waals surface area contributed by atoms with Gasteiger partial charge in [0, 0.05) is 68.0 Å². The zero-order valence-corrected chi connectivity index (χ0v) is 18.1. The third-order valence-corrected chi connectivity index (χ3v) is 6.07. The number of benzene rings is 1. The van der Waals surface area contributed by atoms with Gasteiger partial charge in [0.1, 0.15) is 0 Å². The molecule has 7 nitrogen and oxygen atoms in total. The maximum Gasteiger partial charge on any atom is 0.253 e. The van der Waals surface area contributed by atoms with Gasteiger partial charge in [-0.05, 0) is 49.6 Å². The summed E-state index contributed by atoms with van der Waals surface area (Å²) in [5.74, 6) is -0.0961. The molecule has 3 aromatic rings. The molecule has 2 aromatic heterocycles. The molecular weight excluding hydrogens is 390 g/mol. The molecule has 0 unspecified atom stereocenters. The second kappa shape index (κ2) is 8.61. The summed E-state index contributed by atoms with van der Waals surface area (Å²) in [5.41, 5.74) is 9.30. The molecule has 1 aromatic carbocycles. The number of carbonyl (C=O) groups excluding carboxylic acids is 1. The van der Waals surface area contributed by atoms with Crippen LogP contribution >= 0.6 is 0 Å². The molecule has 1 fully saturated rings. The molecule has 4 rings (SSSR count). The molecule has 1 amide bonds. The van der Waals surface area contributed by atoms with E-state index in [-0.39, 0.29) is 5.91 Å². The number of aryl methyl sites for hydroxylation is 1. The number of nitrogens with zero attached hydrogens (tertiary/aromatic N) is 4. The first kappa shape index (κ1) is 21.2. The second-order valence-corrected chi connectivity index (χ2v) is 8.45. The highest BCUT2D eigenvalue weighted by Gasteiger charge is 2.35. The molecule has 3 heterocycles. The molecule has 3 N–H and O–H groups in total. The molecule has 162 valence electrons. The van der Waals surface area contributed by atoms with Gasteiger partial charge in [0.15, 0.2) is 0 Å². The molecule has 0 saturated carbocycles.